The molecule has 8 heteroatoms. The van der Waals surface area contributed by atoms with Crippen molar-refractivity contribution in [1.82, 2.24) is 0 Å². The van der Waals surface area contributed by atoms with Crippen LogP contribution in [0.15, 0.2) is 12.7 Å². The average Bonchev–Trinajstić information content (AvgIpc) is 2.08. The van der Waals surface area contributed by atoms with Gasteiger partial charge in [0.05, 0.1) is 6.61 Å². The summed E-state index contributed by atoms with van der Waals surface area (Å²) in [6.07, 6.45) is -0.510. The van der Waals surface area contributed by atoms with E-state index in [1.54, 1.807) is 0 Å². The Bertz CT molecular complexity index is 293. The van der Waals surface area contributed by atoms with Crippen LogP contribution in [0, 0.1) is 0 Å². The molecule has 0 amide bonds. The zero-order chi connectivity index (χ0) is 11.2. The predicted molar refractivity (Wildman–Crippen MR) is 44.7 cm³/mol. The molecule has 7 nitrogen and oxygen atoms in total. The highest BCUT2D eigenvalue weighted by Crippen LogP contribution is 1.99. The maximum atomic E-state index is 10.9. The van der Waals surface area contributed by atoms with E-state index in [4.69, 9.17) is 9.66 Å². The van der Waals surface area contributed by atoms with Crippen molar-refractivity contribution in [2.45, 2.75) is 6.10 Å². The van der Waals surface area contributed by atoms with Gasteiger partial charge in [-0.15, -0.1) is 0 Å². The summed E-state index contributed by atoms with van der Waals surface area (Å²) in [6.45, 7) is 2.17. The lowest BCUT2D eigenvalue weighted by atomic mass is 10.4. The van der Waals surface area contributed by atoms with Gasteiger partial charge in [-0.25, -0.2) is 8.98 Å². The maximum Gasteiger partial charge on any atom is 0.398 e. The maximum absolute atomic E-state index is 10.9. The van der Waals surface area contributed by atoms with Gasteiger partial charge >= 0.3 is 16.4 Å². The second-order valence-corrected chi connectivity index (χ2v) is 3.16. The topological polar surface area (TPSA) is 110 Å². The lowest BCUT2D eigenvalue weighted by molar-refractivity contribution is -0.152. The van der Waals surface area contributed by atoms with Crippen molar-refractivity contribution >= 4 is 16.4 Å². The van der Waals surface area contributed by atoms with E-state index in [1.807, 2.05) is 0 Å². The molecule has 1 atom stereocenters. The summed E-state index contributed by atoms with van der Waals surface area (Å²) in [4.78, 5) is 10.9. The van der Waals surface area contributed by atoms with Crippen LogP contribution in [0.1, 0.15) is 0 Å². The van der Waals surface area contributed by atoms with E-state index in [1.165, 1.54) is 6.08 Å². The Morgan fingerprint density at radius 3 is 2.50 bits per heavy atom. The van der Waals surface area contributed by atoms with Crippen LogP contribution in [-0.4, -0.2) is 43.4 Å². The Morgan fingerprint density at radius 1 is 1.57 bits per heavy atom. The molecule has 0 heterocycles. The van der Waals surface area contributed by atoms with E-state index in [0.717, 1.165) is 0 Å². The van der Waals surface area contributed by atoms with Crippen molar-refractivity contribution in [3.63, 3.8) is 0 Å². The monoisotopic (exact) mass is 226 g/mol. The van der Waals surface area contributed by atoms with Crippen LogP contribution >= 0.6 is 0 Å². The molecule has 82 valence electrons. The van der Waals surface area contributed by atoms with Crippen LogP contribution < -0.4 is 0 Å². The highest BCUT2D eigenvalue weighted by molar-refractivity contribution is 7.80. The van der Waals surface area contributed by atoms with Gasteiger partial charge in [-0.3, -0.25) is 4.55 Å². The Hall–Kier alpha value is -0.960. The quantitative estimate of drug-likeness (QED) is 0.336. The molecule has 0 fully saturated rings. The van der Waals surface area contributed by atoms with Crippen molar-refractivity contribution < 1.29 is 31.8 Å². The van der Waals surface area contributed by atoms with Gasteiger partial charge in [0.15, 0.2) is 6.10 Å². The Kier molecular flexibility index (Phi) is 5.31. The molecule has 0 spiro atoms. The van der Waals surface area contributed by atoms with Gasteiger partial charge in [0.25, 0.3) is 0 Å². The summed E-state index contributed by atoms with van der Waals surface area (Å²) in [5.74, 6) is -1.11. The average molecular weight is 226 g/mol. The van der Waals surface area contributed by atoms with Crippen LogP contribution in [0.5, 0.6) is 0 Å². The fraction of sp³-hybridized carbons (Fsp3) is 0.500. The van der Waals surface area contributed by atoms with Gasteiger partial charge < -0.3 is 9.84 Å². The predicted octanol–water partition coefficient (Wildman–Crippen LogP) is -1.10. The van der Waals surface area contributed by atoms with Crippen molar-refractivity contribution in [2.75, 3.05) is 13.2 Å². The first-order valence-corrected chi connectivity index (χ1v) is 4.81. The first-order chi connectivity index (χ1) is 6.40. The molecule has 0 aromatic carbocycles. The van der Waals surface area contributed by atoms with Crippen LogP contribution in [0.2, 0.25) is 0 Å². The fourth-order valence-electron chi connectivity index (χ4n) is 0.525. The second-order valence-electron chi connectivity index (χ2n) is 2.11. The van der Waals surface area contributed by atoms with Gasteiger partial charge in [0.2, 0.25) is 0 Å². The first kappa shape index (κ1) is 13.0. The summed E-state index contributed by atoms with van der Waals surface area (Å²) in [5, 5.41) is 8.53. The Morgan fingerprint density at radius 2 is 2.14 bits per heavy atom. The number of carbonyl (C=O) groups is 1. The van der Waals surface area contributed by atoms with Crippen LogP contribution in [-0.2, 0) is 24.1 Å². The molecule has 0 aliphatic carbocycles. The number of ether oxygens (including phenoxy) is 1. The van der Waals surface area contributed by atoms with E-state index in [2.05, 4.69) is 15.5 Å². The highest BCUT2D eigenvalue weighted by atomic mass is 32.3. The van der Waals surface area contributed by atoms with Crippen molar-refractivity contribution in [2.24, 2.45) is 0 Å². The van der Waals surface area contributed by atoms with Gasteiger partial charge in [-0.2, -0.15) is 8.42 Å². The molecule has 0 bridgehead atoms. The number of aliphatic hydroxyl groups excluding tert-OH is 1. The molecule has 0 aromatic heterocycles. The van der Waals surface area contributed by atoms with E-state index < -0.39 is 29.1 Å². The molecule has 0 saturated carbocycles. The molecular formula is C6H10O7S. The molecule has 0 aromatic rings. The van der Waals surface area contributed by atoms with Crippen LogP contribution in [0.4, 0.5) is 0 Å². The molecule has 0 aliphatic rings. The summed E-state index contributed by atoms with van der Waals surface area (Å²) in [6, 6.07) is 0. The number of aliphatic hydroxyl groups is 1. The fourth-order valence-corrected chi connectivity index (χ4v) is 0.958. The Balaban J connectivity index is 4.26. The van der Waals surface area contributed by atoms with Gasteiger partial charge in [-0.05, 0) is 0 Å². The highest BCUT2D eigenvalue weighted by Gasteiger charge is 2.25. The second kappa shape index (κ2) is 5.70. The molecule has 0 aliphatic heterocycles. The number of esters is 1. The standard InChI is InChI=1S/C6H10O7S/c1-2-3-12-6(8)5(4-7)13-14(9,10)11/h2,5,7H,1,3-4H2,(H,9,10,11). The SMILES string of the molecule is C=CCOC(=O)C(CO)OS(=O)(=O)O. The number of hydrogen-bond acceptors (Lipinski definition) is 6. The largest absolute Gasteiger partial charge is 0.459 e. The van der Waals surface area contributed by atoms with E-state index in [0.29, 0.717) is 0 Å². The van der Waals surface area contributed by atoms with E-state index in [-0.39, 0.29) is 6.61 Å². The smallest absolute Gasteiger partial charge is 0.398 e. The Labute approximate surface area is 80.9 Å². The van der Waals surface area contributed by atoms with E-state index >= 15 is 0 Å². The summed E-state index contributed by atoms with van der Waals surface area (Å²) in [7, 11) is -4.79. The van der Waals surface area contributed by atoms with E-state index in [9.17, 15) is 13.2 Å². The third-order valence-corrected chi connectivity index (χ3v) is 1.49. The summed E-state index contributed by atoms with van der Waals surface area (Å²) >= 11 is 0. The van der Waals surface area contributed by atoms with Gasteiger partial charge in [0, 0.05) is 0 Å². The molecule has 1 unspecified atom stereocenters. The van der Waals surface area contributed by atoms with Crippen LogP contribution in [0.25, 0.3) is 0 Å². The lowest BCUT2D eigenvalue weighted by Gasteiger charge is -2.10. The molecule has 0 rings (SSSR count). The number of hydrogen-bond donors (Lipinski definition) is 2. The molecular weight excluding hydrogens is 216 g/mol. The normalized spacial score (nSPS) is 13.3. The zero-order valence-electron chi connectivity index (χ0n) is 7.12. The van der Waals surface area contributed by atoms with Crippen molar-refractivity contribution in [1.29, 1.82) is 0 Å². The summed E-state index contributed by atoms with van der Waals surface area (Å²) in [5.41, 5.74) is 0. The third kappa shape index (κ3) is 5.65. The summed E-state index contributed by atoms with van der Waals surface area (Å²) < 4.78 is 36.7. The van der Waals surface area contributed by atoms with Crippen LogP contribution in [0.3, 0.4) is 0 Å². The minimum absolute atomic E-state index is 0.149. The molecule has 2 N–H and O–H groups in total. The van der Waals surface area contributed by atoms with Crippen molar-refractivity contribution in [3.05, 3.63) is 12.7 Å². The minimum atomic E-state index is -4.79. The molecule has 14 heavy (non-hydrogen) atoms. The van der Waals surface area contributed by atoms with Gasteiger partial charge in [0.1, 0.15) is 6.61 Å². The molecule has 0 saturated heterocycles. The van der Waals surface area contributed by atoms with Gasteiger partial charge in [-0.1, -0.05) is 12.7 Å². The number of rotatable bonds is 6. The first-order valence-electron chi connectivity index (χ1n) is 3.44. The number of carbonyl (C=O) groups excluding carboxylic acids is 1. The van der Waals surface area contributed by atoms with Crippen molar-refractivity contribution in [3.8, 4) is 0 Å². The molecule has 0 radical (unpaired) electrons. The zero-order valence-corrected chi connectivity index (χ0v) is 7.94. The minimum Gasteiger partial charge on any atom is -0.459 e. The lowest BCUT2D eigenvalue weighted by Crippen LogP contribution is -2.32. The third-order valence-electron chi connectivity index (χ3n) is 1.01.